The average molecular weight is 519 g/mol. The molecule has 0 spiro atoms. The van der Waals surface area contributed by atoms with Crippen molar-refractivity contribution in [3.05, 3.63) is 29.0 Å². The largest absolute Gasteiger partial charge is 0.484 e. The maximum atomic E-state index is 13.5. The molecule has 1 aromatic carbocycles. The van der Waals surface area contributed by atoms with E-state index in [2.05, 4.69) is 21.5 Å². The first-order valence-electron chi connectivity index (χ1n) is 11.3. The first-order chi connectivity index (χ1) is 16.2. The molecule has 5 N–H and O–H groups in total. The van der Waals surface area contributed by atoms with E-state index in [0.717, 1.165) is 12.5 Å². The van der Waals surface area contributed by atoms with Crippen LogP contribution in [0, 0.1) is 5.82 Å². The number of carbonyl (C=O) groups is 2. The number of hydrazine groups is 1. The van der Waals surface area contributed by atoms with Crippen LogP contribution in [0.5, 0.6) is 5.75 Å². The zero-order chi connectivity index (χ0) is 24.3. The van der Waals surface area contributed by atoms with Crippen LogP contribution in [0.4, 0.5) is 4.39 Å². The third-order valence-corrected chi connectivity index (χ3v) is 7.51. The highest BCUT2D eigenvalue weighted by Crippen LogP contribution is 2.47. The van der Waals surface area contributed by atoms with Crippen molar-refractivity contribution in [1.82, 2.24) is 21.5 Å². The molecule has 1 aliphatic heterocycles. The Balaban J connectivity index is 1.24. The summed E-state index contributed by atoms with van der Waals surface area (Å²) in [5, 5.41) is 16.8. The number of hydrogen-bond acceptors (Lipinski definition) is 7. The van der Waals surface area contributed by atoms with E-state index < -0.39 is 23.0 Å². The fraction of sp³-hybridized carbons (Fsp3) is 0.636. The second-order valence-corrected chi connectivity index (χ2v) is 10.2. The average Bonchev–Trinajstić information content (AvgIpc) is 2.81. The normalized spacial score (nSPS) is 32.8. The van der Waals surface area contributed by atoms with Crippen molar-refractivity contribution >= 4 is 35.0 Å². The van der Waals surface area contributed by atoms with Crippen LogP contribution in [0.25, 0.3) is 0 Å². The van der Waals surface area contributed by atoms with Crippen molar-refractivity contribution in [2.24, 2.45) is 0 Å². The molecule has 3 aliphatic carbocycles. The van der Waals surface area contributed by atoms with Gasteiger partial charge in [-0.2, -0.15) is 0 Å². The Morgan fingerprint density at radius 1 is 1.12 bits per heavy atom. The molecule has 1 aromatic rings. The number of halogens is 3. The lowest BCUT2D eigenvalue weighted by Crippen LogP contribution is -2.70. The van der Waals surface area contributed by atoms with Gasteiger partial charge in [0.25, 0.3) is 5.91 Å². The highest BCUT2D eigenvalue weighted by Gasteiger charge is 2.55. The zero-order valence-electron chi connectivity index (χ0n) is 18.5. The highest BCUT2D eigenvalue weighted by molar-refractivity contribution is 6.30. The van der Waals surface area contributed by atoms with Gasteiger partial charge >= 0.3 is 0 Å². The second kappa shape index (κ2) is 10.5. The molecule has 12 heteroatoms. The number of aliphatic hydroxyl groups is 1. The Hall–Kier alpha value is -1.69. The van der Waals surface area contributed by atoms with Gasteiger partial charge in [0, 0.05) is 11.6 Å². The van der Waals surface area contributed by atoms with Crippen molar-refractivity contribution in [1.29, 1.82) is 0 Å². The minimum absolute atomic E-state index is 0.0247. The number of nitrogens with one attached hydrogen (secondary N) is 4. The number of benzene rings is 1. The van der Waals surface area contributed by atoms with Crippen LogP contribution in [0.3, 0.4) is 0 Å². The molecule has 188 valence electrons. The molecule has 5 rings (SSSR count). The van der Waals surface area contributed by atoms with Crippen molar-refractivity contribution in [3.63, 3.8) is 0 Å². The van der Waals surface area contributed by atoms with Gasteiger partial charge in [0.05, 0.1) is 22.2 Å². The number of hydrogen-bond donors (Lipinski definition) is 5. The molecule has 2 amide bonds. The molecule has 0 aromatic heterocycles. The highest BCUT2D eigenvalue weighted by atomic mass is 35.5. The first kappa shape index (κ1) is 25.4. The number of carbonyl (C=O) groups excluding carboxylic acids is 2. The van der Waals surface area contributed by atoms with Gasteiger partial charge in [-0.3, -0.25) is 9.59 Å². The fourth-order valence-electron chi connectivity index (χ4n) is 4.95. The summed E-state index contributed by atoms with van der Waals surface area (Å²) in [7, 11) is 0. The Morgan fingerprint density at radius 2 is 1.85 bits per heavy atom. The SMILES string of the molecule is O=C(COc1ccc(Cl)c(F)c1)NC12CCC(NC(=O)COC3CCC(Cl)NN3)(CC1)[C@@H](O)C2. The zero-order valence-corrected chi connectivity index (χ0v) is 20.1. The van der Waals surface area contributed by atoms with Crippen LogP contribution < -0.4 is 26.2 Å². The number of rotatable bonds is 8. The molecule has 4 aliphatic rings. The standard InChI is InChI=1S/C22H29Cl2FN4O5/c23-14-2-1-13(9-15(14)25)33-11-18(31)26-21-5-7-22(8-6-21,16(30)10-21)27-19(32)12-34-20-4-3-17(24)28-29-20/h1-2,9,16-17,20,28-30H,3-8,10-12H2,(H,26,31)(H,27,32)/t16-,17?,20?,21?,22?/m0/s1. The van der Waals surface area contributed by atoms with Crippen molar-refractivity contribution in [2.75, 3.05) is 13.2 Å². The number of amides is 2. The lowest BCUT2D eigenvalue weighted by molar-refractivity contribution is -0.141. The smallest absolute Gasteiger partial charge is 0.258 e. The summed E-state index contributed by atoms with van der Waals surface area (Å²) in [5.41, 5.74) is 4.31. The van der Waals surface area contributed by atoms with E-state index in [4.69, 9.17) is 32.7 Å². The number of aliphatic hydroxyl groups excluding tert-OH is 1. The summed E-state index contributed by atoms with van der Waals surface area (Å²) in [4.78, 5) is 25.0. The number of fused-ring (bicyclic) bond motifs is 3. The van der Waals surface area contributed by atoms with Crippen molar-refractivity contribution in [3.8, 4) is 5.75 Å². The van der Waals surface area contributed by atoms with Gasteiger partial charge in [-0.1, -0.05) is 11.6 Å². The number of alkyl halides is 1. The molecular weight excluding hydrogens is 490 g/mol. The van der Waals surface area contributed by atoms with E-state index in [-0.39, 0.29) is 47.5 Å². The molecule has 9 nitrogen and oxygen atoms in total. The topological polar surface area (TPSA) is 121 Å². The summed E-state index contributed by atoms with van der Waals surface area (Å²) in [6, 6.07) is 3.96. The quantitative estimate of drug-likeness (QED) is 0.262. The monoisotopic (exact) mass is 518 g/mol. The minimum atomic E-state index is -0.808. The van der Waals surface area contributed by atoms with Crippen LogP contribution >= 0.6 is 23.2 Å². The number of ether oxygens (including phenoxy) is 2. The molecular formula is C22H29Cl2FN4O5. The van der Waals surface area contributed by atoms with Gasteiger partial charge < -0.3 is 25.2 Å². The molecule has 2 bridgehead atoms. The summed E-state index contributed by atoms with van der Waals surface area (Å²) < 4.78 is 24.5. The Labute approximate surface area is 207 Å². The Bertz CT molecular complexity index is 907. The predicted octanol–water partition coefficient (Wildman–Crippen LogP) is 1.70. The molecule has 4 fully saturated rings. The van der Waals surface area contributed by atoms with Crippen LogP contribution in [-0.4, -0.2) is 59.0 Å². The molecule has 1 saturated heterocycles. The van der Waals surface area contributed by atoms with E-state index in [1.807, 2.05) is 0 Å². The first-order valence-corrected chi connectivity index (χ1v) is 12.1. The summed E-state index contributed by atoms with van der Waals surface area (Å²) >= 11 is 11.6. The summed E-state index contributed by atoms with van der Waals surface area (Å²) in [5.74, 6) is -1.08. The second-order valence-electron chi connectivity index (χ2n) is 9.25. The van der Waals surface area contributed by atoms with Gasteiger partial charge in [-0.05, 0) is 57.1 Å². The molecule has 2 unspecified atom stereocenters. The van der Waals surface area contributed by atoms with E-state index in [1.54, 1.807) is 0 Å². The van der Waals surface area contributed by atoms with Gasteiger partial charge in [-0.25, -0.2) is 15.2 Å². The maximum absolute atomic E-state index is 13.5. The van der Waals surface area contributed by atoms with Crippen LogP contribution in [-0.2, 0) is 14.3 Å². The van der Waals surface area contributed by atoms with Gasteiger partial charge in [0.2, 0.25) is 5.91 Å². The van der Waals surface area contributed by atoms with Gasteiger partial charge in [0.1, 0.15) is 24.4 Å². The van der Waals surface area contributed by atoms with Crippen LogP contribution in [0.2, 0.25) is 5.02 Å². The summed E-state index contributed by atoms with van der Waals surface area (Å²) in [6.45, 7) is -0.419. The predicted molar refractivity (Wildman–Crippen MR) is 123 cm³/mol. The molecule has 3 saturated carbocycles. The van der Waals surface area contributed by atoms with Crippen LogP contribution in [0.15, 0.2) is 18.2 Å². The molecule has 1 heterocycles. The van der Waals surface area contributed by atoms with Crippen molar-refractivity contribution < 1.29 is 28.6 Å². The van der Waals surface area contributed by atoms with E-state index in [1.165, 1.54) is 12.1 Å². The van der Waals surface area contributed by atoms with E-state index in [0.29, 0.717) is 38.5 Å². The Kier molecular flexibility index (Phi) is 7.85. The molecule has 34 heavy (non-hydrogen) atoms. The van der Waals surface area contributed by atoms with E-state index in [9.17, 15) is 19.1 Å². The third-order valence-electron chi connectivity index (χ3n) is 6.87. The summed E-state index contributed by atoms with van der Waals surface area (Å²) in [6.07, 6.45) is 2.88. The maximum Gasteiger partial charge on any atom is 0.258 e. The van der Waals surface area contributed by atoms with Gasteiger partial charge in [0.15, 0.2) is 6.61 Å². The third kappa shape index (κ3) is 5.92. The molecule has 3 atom stereocenters. The minimum Gasteiger partial charge on any atom is -0.484 e. The van der Waals surface area contributed by atoms with Gasteiger partial charge in [-0.15, -0.1) is 11.6 Å². The lowest BCUT2D eigenvalue weighted by atomic mass is 9.60. The Morgan fingerprint density at radius 3 is 2.50 bits per heavy atom. The molecule has 0 radical (unpaired) electrons. The lowest BCUT2D eigenvalue weighted by Gasteiger charge is -2.56. The fourth-order valence-corrected chi connectivity index (χ4v) is 5.26. The van der Waals surface area contributed by atoms with Crippen LogP contribution in [0.1, 0.15) is 44.9 Å². The van der Waals surface area contributed by atoms with E-state index >= 15 is 0 Å². The van der Waals surface area contributed by atoms with Crippen molar-refractivity contribution in [2.45, 2.75) is 73.9 Å².